The Morgan fingerprint density at radius 3 is 2.74 bits per heavy atom. The van der Waals surface area contributed by atoms with Gasteiger partial charge in [0.15, 0.2) is 0 Å². The highest BCUT2D eigenvalue weighted by Crippen LogP contribution is 2.33. The molecule has 3 rings (SSSR count). The molecule has 0 bridgehead atoms. The van der Waals surface area contributed by atoms with E-state index in [1.54, 1.807) is 40.9 Å². The number of thioether (sulfide) groups is 1. The van der Waals surface area contributed by atoms with Gasteiger partial charge in [-0.15, -0.1) is 11.8 Å². The molecular formula is C19H24ClN3O3S. The highest BCUT2D eigenvalue weighted by atomic mass is 35.5. The zero-order valence-corrected chi connectivity index (χ0v) is 16.8. The molecule has 27 heavy (non-hydrogen) atoms. The maximum Gasteiger partial charge on any atom is 0.255 e. The average Bonchev–Trinajstić information content (AvgIpc) is 3.00. The van der Waals surface area contributed by atoms with E-state index in [0.717, 1.165) is 19.3 Å². The first-order valence-corrected chi connectivity index (χ1v) is 10.7. The van der Waals surface area contributed by atoms with Gasteiger partial charge in [-0.25, -0.2) is 0 Å². The Morgan fingerprint density at radius 1 is 1.30 bits per heavy atom. The van der Waals surface area contributed by atoms with E-state index in [-0.39, 0.29) is 23.1 Å². The van der Waals surface area contributed by atoms with E-state index < -0.39 is 12.1 Å². The molecule has 8 heteroatoms. The Morgan fingerprint density at radius 2 is 2.04 bits per heavy atom. The third kappa shape index (κ3) is 4.58. The summed E-state index contributed by atoms with van der Waals surface area (Å²) in [5.74, 6) is -0.0659. The van der Waals surface area contributed by atoms with Gasteiger partial charge < -0.3 is 15.5 Å². The number of hydrogen-bond donors (Lipinski definition) is 2. The highest BCUT2D eigenvalue weighted by molar-refractivity contribution is 8.00. The molecular weight excluding hydrogens is 386 g/mol. The molecule has 6 nitrogen and oxygen atoms in total. The van der Waals surface area contributed by atoms with Gasteiger partial charge in [0.1, 0.15) is 12.1 Å². The van der Waals surface area contributed by atoms with Crippen LogP contribution < -0.4 is 10.6 Å². The Bertz CT molecular complexity index is 713. The number of carbonyl (C=O) groups is 3. The predicted molar refractivity (Wildman–Crippen MR) is 107 cm³/mol. The lowest BCUT2D eigenvalue weighted by Gasteiger charge is -2.29. The first-order chi connectivity index (χ1) is 13.0. The van der Waals surface area contributed by atoms with Gasteiger partial charge in [-0.05, 0) is 49.9 Å². The number of amides is 3. The van der Waals surface area contributed by atoms with Crippen LogP contribution in [0.15, 0.2) is 24.3 Å². The van der Waals surface area contributed by atoms with Crippen molar-refractivity contribution in [2.75, 3.05) is 12.3 Å². The van der Waals surface area contributed by atoms with Crippen LogP contribution in [0.2, 0.25) is 5.02 Å². The summed E-state index contributed by atoms with van der Waals surface area (Å²) < 4.78 is 0. The molecule has 2 heterocycles. The summed E-state index contributed by atoms with van der Waals surface area (Å²) in [7, 11) is 0. The first-order valence-electron chi connectivity index (χ1n) is 9.29. The summed E-state index contributed by atoms with van der Waals surface area (Å²) in [6.07, 6.45) is 3.17. The molecule has 1 aromatic carbocycles. The maximum atomic E-state index is 13.1. The normalized spacial score (nSPS) is 25.6. The van der Waals surface area contributed by atoms with Gasteiger partial charge >= 0.3 is 0 Å². The monoisotopic (exact) mass is 409 g/mol. The van der Waals surface area contributed by atoms with Crippen molar-refractivity contribution in [2.45, 2.75) is 50.1 Å². The third-order valence-corrected chi connectivity index (χ3v) is 6.63. The molecule has 3 unspecified atom stereocenters. The SMILES string of the molecule is CCC1SCC(C(=O)NC2CCCCNC2=O)N1C(=O)c1ccc(Cl)cc1. The van der Waals surface area contributed by atoms with Gasteiger partial charge in [0, 0.05) is 22.9 Å². The molecule has 0 aliphatic carbocycles. The Hall–Kier alpha value is -1.73. The summed E-state index contributed by atoms with van der Waals surface area (Å²) in [5.41, 5.74) is 0.505. The molecule has 2 fully saturated rings. The fourth-order valence-electron chi connectivity index (χ4n) is 3.44. The van der Waals surface area contributed by atoms with E-state index in [9.17, 15) is 14.4 Å². The van der Waals surface area contributed by atoms with Crippen LogP contribution in [0.3, 0.4) is 0 Å². The van der Waals surface area contributed by atoms with Crippen molar-refractivity contribution in [3.8, 4) is 0 Å². The molecule has 3 atom stereocenters. The van der Waals surface area contributed by atoms with Crippen LogP contribution in [0.4, 0.5) is 0 Å². The minimum atomic E-state index is -0.584. The van der Waals surface area contributed by atoms with Crippen LogP contribution in [-0.2, 0) is 9.59 Å². The van der Waals surface area contributed by atoms with Gasteiger partial charge in [-0.2, -0.15) is 0 Å². The van der Waals surface area contributed by atoms with Gasteiger partial charge in [-0.3, -0.25) is 14.4 Å². The fourth-order valence-corrected chi connectivity index (χ4v) is 4.92. The molecule has 3 amide bonds. The summed E-state index contributed by atoms with van der Waals surface area (Å²) in [6.45, 7) is 2.64. The molecule has 2 aliphatic rings. The van der Waals surface area contributed by atoms with Crippen molar-refractivity contribution in [1.82, 2.24) is 15.5 Å². The molecule has 146 valence electrons. The Balaban J connectivity index is 1.76. The van der Waals surface area contributed by atoms with Gasteiger partial charge in [0.2, 0.25) is 11.8 Å². The average molecular weight is 410 g/mol. The smallest absolute Gasteiger partial charge is 0.255 e. The van der Waals surface area contributed by atoms with E-state index in [0.29, 0.717) is 29.3 Å². The Kier molecular flexibility index (Phi) is 6.65. The molecule has 0 radical (unpaired) electrons. The fraction of sp³-hybridized carbons (Fsp3) is 0.526. The molecule has 0 spiro atoms. The van der Waals surface area contributed by atoms with Crippen LogP contribution in [0, 0.1) is 0 Å². The van der Waals surface area contributed by atoms with E-state index >= 15 is 0 Å². The summed E-state index contributed by atoms with van der Waals surface area (Å²) in [5, 5.41) is 6.18. The second-order valence-corrected chi connectivity index (χ2v) is 8.43. The zero-order chi connectivity index (χ0) is 19.4. The lowest BCUT2D eigenvalue weighted by Crippen LogP contribution is -2.54. The van der Waals surface area contributed by atoms with Crippen molar-refractivity contribution < 1.29 is 14.4 Å². The number of rotatable bonds is 4. The second-order valence-electron chi connectivity index (χ2n) is 6.78. The van der Waals surface area contributed by atoms with E-state index in [1.807, 2.05) is 6.92 Å². The molecule has 2 aliphatic heterocycles. The standard InChI is InChI=1S/C19H24ClN3O3S/c1-2-16-23(19(26)12-6-8-13(20)9-7-12)15(11-27-16)18(25)22-14-5-3-4-10-21-17(14)24/h6-9,14-16H,2-5,10-11H2,1H3,(H,21,24)(H,22,25). The number of hydrogen-bond acceptors (Lipinski definition) is 4. The number of benzene rings is 1. The van der Waals surface area contributed by atoms with E-state index in [2.05, 4.69) is 10.6 Å². The van der Waals surface area contributed by atoms with Crippen molar-refractivity contribution in [1.29, 1.82) is 0 Å². The van der Waals surface area contributed by atoms with Crippen molar-refractivity contribution in [2.24, 2.45) is 0 Å². The maximum absolute atomic E-state index is 13.1. The van der Waals surface area contributed by atoms with Crippen LogP contribution in [-0.4, -0.2) is 52.4 Å². The van der Waals surface area contributed by atoms with Crippen LogP contribution in [0.5, 0.6) is 0 Å². The zero-order valence-electron chi connectivity index (χ0n) is 15.2. The van der Waals surface area contributed by atoms with Crippen molar-refractivity contribution >= 4 is 41.1 Å². The topological polar surface area (TPSA) is 78.5 Å². The van der Waals surface area contributed by atoms with Crippen LogP contribution >= 0.6 is 23.4 Å². The lowest BCUT2D eigenvalue weighted by atomic mass is 10.1. The summed E-state index contributed by atoms with van der Waals surface area (Å²) in [6, 6.07) is 5.58. The number of nitrogens with zero attached hydrogens (tertiary/aromatic N) is 1. The molecule has 0 saturated carbocycles. The molecule has 2 saturated heterocycles. The lowest BCUT2D eigenvalue weighted by molar-refractivity contribution is -0.130. The highest BCUT2D eigenvalue weighted by Gasteiger charge is 2.42. The van der Waals surface area contributed by atoms with Gasteiger partial charge in [0.05, 0.1) is 5.37 Å². The minimum absolute atomic E-state index is 0.0631. The predicted octanol–water partition coefficient (Wildman–Crippen LogP) is 2.42. The minimum Gasteiger partial charge on any atom is -0.354 e. The molecule has 2 N–H and O–H groups in total. The largest absolute Gasteiger partial charge is 0.354 e. The quantitative estimate of drug-likeness (QED) is 0.800. The number of halogens is 1. The van der Waals surface area contributed by atoms with Crippen molar-refractivity contribution in [3.05, 3.63) is 34.9 Å². The van der Waals surface area contributed by atoms with Crippen LogP contribution in [0.25, 0.3) is 0 Å². The molecule has 1 aromatic rings. The van der Waals surface area contributed by atoms with Crippen molar-refractivity contribution in [3.63, 3.8) is 0 Å². The summed E-state index contributed by atoms with van der Waals surface area (Å²) >= 11 is 7.51. The van der Waals surface area contributed by atoms with Crippen LogP contribution in [0.1, 0.15) is 43.0 Å². The molecule has 0 aromatic heterocycles. The van der Waals surface area contributed by atoms with Gasteiger partial charge in [0.25, 0.3) is 5.91 Å². The third-order valence-electron chi connectivity index (χ3n) is 4.92. The van der Waals surface area contributed by atoms with Gasteiger partial charge in [-0.1, -0.05) is 18.5 Å². The first kappa shape index (κ1) is 20.0. The van der Waals surface area contributed by atoms with E-state index in [1.165, 1.54) is 0 Å². The van der Waals surface area contributed by atoms with E-state index in [4.69, 9.17) is 11.6 Å². The Labute approximate surface area is 168 Å². The summed E-state index contributed by atoms with van der Waals surface area (Å²) in [4.78, 5) is 39.8. The number of carbonyl (C=O) groups excluding carboxylic acids is 3. The second kappa shape index (κ2) is 8.97. The number of nitrogens with one attached hydrogen (secondary N) is 2.